The summed E-state index contributed by atoms with van der Waals surface area (Å²) in [5.74, 6) is 2.37. The third-order valence-electron chi connectivity index (χ3n) is 2.22. The van der Waals surface area contributed by atoms with Crippen molar-refractivity contribution in [2.24, 2.45) is 0 Å². The lowest BCUT2D eigenvalue weighted by Gasteiger charge is -2.07. The van der Waals surface area contributed by atoms with Crippen molar-refractivity contribution in [2.45, 2.75) is 13.8 Å². The predicted octanol–water partition coefficient (Wildman–Crippen LogP) is -0.638. The first-order valence-electron chi connectivity index (χ1n) is 5.97. The summed E-state index contributed by atoms with van der Waals surface area (Å²) in [6, 6.07) is 0. The van der Waals surface area contributed by atoms with Crippen molar-refractivity contribution < 1.29 is 0 Å². The third-order valence-corrected chi connectivity index (χ3v) is 2.22. The average molecular weight is 276 g/mol. The van der Waals surface area contributed by atoms with Crippen LogP contribution in [0.3, 0.4) is 0 Å². The van der Waals surface area contributed by atoms with Gasteiger partial charge in [0.25, 0.3) is 0 Å². The van der Waals surface area contributed by atoms with Crippen LogP contribution in [0.2, 0.25) is 0 Å². The number of hydrogen-bond acceptors (Lipinski definition) is 10. The maximum Gasteiger partial charge on any atom is 0.227 e. The average Bonchev–Trinajstić information content (AvgIpc) is 2.32. The second kappa shape index (κ2) is 5.91. The Morgan fingerprint density at radius 2 is 1.10 bits per heavy atom. The van der Waals surface area contributed by atoms with Crippen LogP contribution < -0.4 is 22.1 Å². The van der Waals surface area contributed by atoms with E-state index in [1.807, 2.05) is 0 Å². The number of rotatable bonds is 5. The predicted molar refractivity (Wildman–Crippen MR) is 74.9 cm³/mol. The molecule has 20 heavy (non-hydrogen) atoms. The highest BCUT2D eigenvalue weighted by Crippen LogP contribution is 2.02. The van der Waals surface area contributed by atoms with Crippen molar-refractivity contribution in [1.29, 1.82) is 0 Å². The van der Waals surface area contributed by atoms with Crippen LogP contribution in [0.15, 0.2) is 0 Å². The summed E-state index contributed by atoms with van der Waals surface area (Å²) in [7, 11) is 0. The molecule has 6 N–H and O–H groups in total. The second-order valence-corrected chi connectivity index (χ2v) is 3.98. The van der Waals surface area contributed by atoms with Crippen molar-refractivity contribution in [3.8, 4) is 0 Å². The number of nitrogens with two attached hydrogens (primary N) is 2. The molecule has 0 radical (unpaired) electrons. The van der Waals surface area contributed by atoms with Gasteiger partial charge in [0.1, 0.15) is 11.6 Å². The molecule has 0 bridgehead atoms. The highest BCUT2D eigenvalue weighted by molar-refractivity contribution is 5.33. The molecule has 0 amide bonds. The molecular weight excluding hydrogens is 260 g/mol. The molecular formula is C10H16N10. The lowest BCUT2D eigenvalue weighted by Crippen LogP contribution is -2.18. The van der Waals surface area contributed by atoms with E-state index in [4.69, 9.17) is 11.5 Å². The molecule has 0 aromatic carbocycles. The summed E-state index contributed by atoms with van der Waals surface area (Å²) in [6.45, 7) is 4.62. The van der Waals surface area contributed by atoms with Crippen LogP contribution in [0, 0.1) is 13.8 Å². The third kappa shape index (κ3) is 3.86. The Morgan fingerprint density at radius 1 is 0.700 bits per heavy atom. The minimum atomic E-state index is 0.189. The monoisotopic (exact) mass is 276 g/mol. The van der Waals surface area contributed by atoms with Gasteiger partial charge in [0.05, 0.1) is 0 Å². The molecule has 0 unspecified atom stereocenters. The summed E-state index contributed by atoms with van der Waals surface area (Å²) in [5.41, 5.74) is 11.1. The lowest BCUT2D eigenvalue weighted by atomic mass is 10.6. The number of aromatic nitrogens is 6. The molecule has 0 aliphatic rings. The van der Waals surface area contributed by atoms with Crippen molar-refractivity contribution in [3.63, 3.8) is 0 Å². The number of aryl methyl sites for hydroxylation is 2. The molecule has 0 fully saturated rings. The minimum absolute atomic E-state index is 0.189. The van der Waals surface area contributed by atoms with Crippen LogP contribution in [-0.4, -0.2) is 43.0 Å². The smallest absolute Gasteiger partial charge is 0.227 e. The fourth-order valence-electron chi connectivity index (χ4n) is 1.51. The van der Waals surface area contributed by atoms with Gasteiger partial charge in [-0.2, -0.15) is 29.9 Å². The molecule has 2 aromatic rings. The first kappa shape index (κ1) is 13.6. The maximum absolute atomic E-state index is 5.53. The Hall–Kier alpha value is -2.78. The first-order chi connectivity index (χ1) is 9.52. The fourth-order valence-corrected chi connectivity index (χ4v) is 1.51. The summed E-state index contributed by atoms with van der Waals surface area (Å²) in [4.78, 5) is 23.9. The molecule has 106 valence electrons. The summed E-state index contributed by atoms with van der Waals surface area (Å²) < 4.78 is 0. The zero-order valence-electron chi connectivity index (χ0n) is 11.3. The van der Waals surface area contributed by atoms with Gasteiger partial charge in [0, 0.05) is 13.1 Å². The van der Waals surface area contributed by atoms with Gasteiger partial charge in [0.15, 0.2) is 0 Å². The van der Waals surface area contributed by atoms with Gasteiger partial charge >= 0.3 is 0 Å². The largest absolute Gasteiger partial charge is 0.368 e. The number of nitrogen functional groups attached to an aromatic ring is 2. The van der Waals surface area contributed by atoms with E-state index in [0.717, 1.165) is 0 Å². The van der Waals surface area contributed by atoms with Crippen molar-refractivity contribution in [2.75, 3.05) is 35.2 Å². The standard InChI is InChI=1S/C10H16N10/c1-5-15-7(11)19-9(17-5)13-3-4-14-10-18-6(2)16-8(12)20-10/h3-4H2,1-2H3,(H3,11,13,15,17,19)(H3,12,14,16,18,20). The molecule has 0 atom stereocenters. The summed E-state index contributed by atoms with van der Waals surface area (Å²) >= 11 is 0. The normalized spacial score (nSPS) is 10.3. The van der Waals surface area contributed by atoms with E-state index in [0.29, 0.717) is 36.6 Å². The van der Waals surface area contributed by atoms with Crippen LogP contribution in [0.4, 0.5) is 23.8 Å². The first-order valence-corrected chi connectivity index (χ1v) is 5.97. The van der Waals surface area contributed by atoms with Crippen LogP contribution in [0.1, 0.15) is 11.6 Å². The Kier molecular flexibility index (Phi) is 4.03. The Morgan fingerprint density at radius 3 is 1.45 bits per heavy atom. The molecule has 0 aliphatic carbocycles. The SMILES string of the molecule is Cc1nc(N)nc(NCCNc2nc(C)nc(N)n2)n1. The minimum Gasteiger partial charge on any atom is -0.368 e. The van der Waals surface area contributed by atoms with E-state index < -0.39 is 0 Å². The molecule has 10 nitrogen and oxygen atoms in total. The fraction of sp³-hybridized carbons (Fsp3) is 0.400. The number of nitrogens with one attached hydrogen (secondary N) is 2. The van der Waals surface area contributed by atoms with E-state index >= 15 is 0 Å². The topological polar surface area (TPSA) is 153 Å². The van der Waals surface area contributed by atoms with Crippen LogP contribution >= 0.6 is 0 Å². The molecule has 0 saturated heterocycles. The Labute approximate surface area is 115 Å². The van der Waals surface area contributed by atoms with Crippen molar-refractivity contribution in [1.82, 2.24) is 29.9 Å². The number of anilines is 4. The molecule has 2 rings (SSSR count). The highest BCUT2D eigenvalue weighted by Gasteiger charge is 2.02. The van der Waals surface area contributed by atoms with Gasteiger partial charge in [-0.1, -0.05) is 0 Å². The highest BCUT2D eigenvalue weighted by atomic mass is 15.2. The Bertz CT molecular complexity index is 505. The van der Waals surface area contributed by atoms with Crippen LogP contribution in [0.5, 0.6) is 0 Å². The zero-order chi connectivity index (χ0) is 14.5. The quantitative estimate of drug-likeness (QED) is 0.518. The van der Waals surface area contributed by atoms with Gasteiger partial charge < -0.3 is 22.1 Å². The maximum atomic E-state index is 5.53. The van der Waals surface area contributed by atoms with Crippen LogP contribution in [0.25, 0.3) is 0 Å². The van der Waals surface area contributed by atoms with Crippen LogP contribution in [-0.2, 0) is 0 Å². The van der Waals surface area contributed by atoms with Crippen molar-refractivity contribution >= 4 is 23.8 Å². The van der Waals surface area contributed by atoms with Gasteiger partial charge in [-0.3, -0.25) is 0 Å². The molecule has 0 spiro atoms. The summed E-state index contributed by atoms with van der Waals surface area (Å²) in [6.07, 6.45) is 0. The van der Waals surface area contributed by atoms with E-state index in [9.17, 15) is 0 Å². The molecule has 0 aliphatic heterocycles. The van der Waals surface area contributed by atoms with E-state index in [2.05, 4.69) is 40.5 Å². The molecule has 10 heteroatoms. The van der Waals surface area contributed by atoms with Gasteiger partial charge in [-0.25, -0.2) is 0 Å². The van der Waals surface area contributed by atoms with E-state index in [1.165, 1.54) is 0 Å². The zero-order valence-corrected chi connectivity index (χ0v) is 11.3. The van der Waals surface area contributed by atoms with E-state index in [1.54, 1.807) is 13.8 Å². The molecule has 0 saturated carbocycles. The van der Waals surface area contributed by atoms with Gasteiger partial charge in [0.2, 0.25) is 23.8 Å². The van der Waals surface area contributed by atoms with Gasteiger partial charge in [-0.05, 0) is 13.8 Å². The lowest BCUT2D eigenvalue weighted by molar-refractivity contribution is 0.936. The second-order valence-electron chi connectivity index (χ2n) is 3.98. The Balaban J connectivity index is 1.84. The number of nitrogens with zero attached hydrogens (tertiary/aromatic N) is 6. The van der Waals surface area contributed by atoms with Crippen molar-refractivity contribution in [3.05, 3.63) is 11.6 Å². The number of hydrogen-bond donors (Lipinski definition) is 4. The summed E-state index contributed by atoms with van der Waals surface area (Å²) in [5, 5.41) is 6.04. The molecule has 2 aromatic heterocycles. The molecule has 2 heterocycles. The van der Waals surface area contributed by atoms with Gasteiger partial charge in [-0.15, -0.1) is 0 Å². The van der Waals surface area contributed by atoms with E-state index in [-0.39, 0.29) is 11.9 Å².